The van der Waals surface area contributed by atoms with E-state index in [-0.39, 0.29) is 5.56 Å². The van der Waals surface area contributed by atoms with Gasteiger partial charge in [0, 0.05) is 13.6 Å². The van der Waals surface area contributed by atoms with Gasteiger partial charge >= 0.3 is 5.56 Å². The first-order valence-corrected chi connectivity index (χ1v) is 6.41. The van der Waals surface area contributed by atoms with Crippen LogP contribution in [-0.2, 0) is 7.05 Å². The molecule has 1 aromatic carbocycles. The number of aromatic nitrogens is 2. The van der Waals surface area contributed by atoms with E-state index in [1.165, 1.54) is 4.68 Å². The quantitative estimate of drug-likeness (QED) is 0.719. The van der Waals surface area contributed by atoms with Gasteiger partial charge in [0.1, 0.15) is 17.3 Å². The molecule has 6 nitrogen and oxygen atoms in total. The van der Waals surface area contributed by atoms with E-state index < -0.39 is 0 Å². The second kappa shape index (κ2) is 3.93. The molecular formula is C14H12N4O2. The van der Waals surface area contributed by atoms with Crippen LogP contribution in [0.1, 0.15) is 5.56 Å². The van der Waals surface area contributed by atoms with Crippen LogP contribution >= 0.6 is 0 Å². The molecule has 0 spiro atoms. The van der Waals surface area contributed by atoms with Crippen molar-refractivity contribution in [3.05, 3.63) is 46.4 Å². The molecule has 3 heterocycles. The lowest BCUT2D eigenvalue weighted by Gasteiger charge is -2.18. The van der Waals surface area contributed by atoms with Crippen molar-refractivity contribution >= 4 is 11.5 Å². The summed E-state index contributed by atoms with van der Waals surface area (Å²) in [6.07, 6.45) is 1.66. The van der Waals surface area contributed by atoms with Gasteiger partial charge in [0.2, 0.25) is 5.75 Å². The molecule has 0 radical (unpaired) electrons. The van der Waals surface area contributed by atoms with E-state index in [4.69, 9.17) is 4.74 Å². The summed E-state index contributed by atoms with van der Waals surface area (Å²) in [6, 6.07) is 7.63. The van der Waals surface area contributed by atoms with Crippen molar-refractivity contribution in [1.82, 2.24) is 9.78 Å². The topological polar surface area (TPSA) is 59.7 Å². The van der Waals surface area contributed by atoms with Crippen LogP contribution in [0.3, 0.4) is 0 Å². The van der Waals surface area contributed by atoms with Gasteiger partial charge in [-0.1, -0.05) is 12.1 Å². The normalized spacial score (nSPS) is 15.7. The highest BCUT2D eigenvalue weighted by Gasteiger charge is 2.31. The van der Waals surface area contributed by atoms with Crippen LogP contribution in [0.4, 0.5) is 5.69 Å². The number of benzene rings is 1. The number of hydrogen-bond donors (Lipinski definition) is 0. The van der Waals surface area contributed by atoms with Crippen LogP contribution in [0, 0.1) is 0 Å². The van der Waals surface area contributed by atoms with Crippen LogP contribution < -0.4 is 15.2 Å². The minimum Gasteiger partial charge on any atom is -0.448 e. The summed E-state index contributed by atoms with van der Waals surface area (Å²) in [4.78, 5) is 18.8. The molecule has 4 rings (SSSR count). The molecule has 0 aliphatic carbocycles. The van der Waals surface area contributed by atoms with E-state index >= 15 is 0 Å². The van der Waals surface area contributed by atoms with Crippen LogP contribution in [-0.4, -0.2) is 28.7 Å². The number of hydrogen-bond acceptors (Lipinski definition) is 5. The fourth-order valence-corrected chi connectivity index (χ4v) is 2.56. The zero-order valence-electron chi connectivity index (χ0n) is 10.9. The molecule has 2 aromatic rings. The van der Waals surface area contributed by atoms with Crippen molar-refractivity contribution < 1.29 is 4.74 Å². The lowest BCUT2D eigenvalue weighted by atomic mass is 10.2. The highest BCUT2D eigenvalue weighted by atomic mass is 16.5. The van der Waals surface area contributed by atoms with Crippen LogP contribution in [0.15, 0.2) is 40.2 Å². The summed E-state index contributed by atoms with van der Waals surface area (Å²) in [5.74, 6) is 1.80. The number of rotatable bonds is 0. The molecule has 0 bridgehead atoms. The number of para-hydroxylation sites is 1. The largest absolute Gasteiger partial charge is 0.448 e. The van der Waals surface area contributed by atoms with Gasteiger partial charge in [0.25, 0.3) is 0 Å². The highest BCUT2D eigenvalue weighted by Crippen LogP contribution is 2.37. The summed E-state index contributed by atoms with van der Waals surface area (Å²) < 4.78 is 7.13. The third-order valence-electron chi connectivity index (χ3n) is 3.55. The Morgan fingerprint density at radius 3 is 3.05 bits per heavy atom. The molecule has 0 unspecified atom stereocenters. The number of ether oxygens (including phenoxy) is 1. The maximum absolute atomic E-state index is 12.3. The number of aryl methyl sites for hydroxylation is 1. The van der Waals surface area contributed by atoms with Crippen LogP contribution in [0.5, 0.6) is 11.5 Å². The lowest BCUT2D eigenvalue weighted by molar-refractivity contribution is 0.465. The van der Waals surface area contributed by atoms with Crippen LogP contribution in [0.2, 0.25) is 0 Å². The fraction of sp³-hybridized carbons (Fsp3) is 0.214. The van der Waals surface area contributed by atoms with Crippen molar-refractivity contribution in [3.63, 3.8) is 0 Å². The van der Waals surface area contributed by atoms with Gasteiger partial charge in [0.15, 0.2) is 0 Å². The van der Waals surface area contributed by atoms with E-state index in [1.807, 2.05) is 29.2 Å². The van der Waals surface area contributed by atoms with E-state index in [0.29, 0.717) is 23.7 Å². The summed E-state index contributed by atoms with van der Waals surface area (Å²) in [7, 11) is 1.61. The molecular weight excluding hydrogens is 256 g/mol. The summed E-state index contributed by atoms with van der Waals surface area (Å²) >= 11 is 0. The molecule has 6 heteroatoms. The van der Waals surface area contributed by atoms with Crippen LogP contribution in [0.25, 0.3) is 0 Å². The zero-order chi connectivity index (χ0) is 13.7. The Labute approximate surface area is 114 Å². The second-order valence-electron chi connectivity index (χ2n) is 4.74. The first kappa shape index (κ1) is 11.2. The molecule has 0 amide bonds. The molecule has 0 saturated heterocycles. The predicted octanol–water partition coefficient (Wildman–Crippen LogP) is 1.15. The van der Waals surface area contributed by atoms with Gasteiger partial charge in [-0.25, -0.2) is 4.68 Å². The van der Waals surface area contributed by atoms with Gasteiger partial charge in [-0.2, -0.15) is 5.10 Å². The Morgan fingerprint density at radius 2 is 2.15 bits per heavy atom. The summed E-state index contributed by atoms with van der Waals surface area (Å²) in [5.41, 5.74) is 1.34. The summed E-state index contributed by atoms with van der Waals surface area (Å²) in [5, 5.41) is 4.08. The van der Waals surface area contributed by atoms with Crippen molar-refractivity contribution in [1.29, 1.82) is 0 Å². The first-order valence-electron chi connectivity index (χ1n) is 6.41. The molecule has 1 aromatic heterocycles. The third-order valence-corrected chi connectivity index (χ3v) is 3.55. The van der Waals surface area contributed by atoms with Gasteiger partial charge < -0.3 is 9.64 Å². The predicted molar refractivity (Wildman–Crippen MR) is 74.7 cm³/mol. The van der Waals surface area contributed by atoms with Crippen molar-refractivity contribution in [2.45, 2.75) is 0 Å². The Morgan fingerprint density at radius 1 is 1.30 bits per heavy atom. The molecule has 0 atom stereocenters. The van der Waals surface area contributed by atoms with Crippen molar-refractivity contribution in [2.75, 3.05) is 18.0 Å². The van der Waals surface area contributed by atoms with Gasteiger partial charge in [-0.3, -0.25) is 9.79 Å². The second-order valence-corrected chi connectivity index (χ2v) is 4.74. The number of amidine groups is 1. The Hall–Kier alpha value is -2.63. The zero-order valence-corrected chi connectivity index (χ0v) is 10.9. The first-order chi connectivity index (χ1) is 9.75. The molecule has 2 aliphatic rings. The Kier molecular flexibility index (Phi) is 2.20. The van der Waals surface area contributed by atoms with E-state index in [9.17, 15) is 4.79 Å². The van der Waals surface area contributed by atoms with Crippen molar-refractivity contribution in [3.8, 4) is 11.5 Å². The molecule has 0 N–H and O–H groups in total. The Bertz CT molecular complexity index is 794. The maximum Gasteiger partial charge on any atom is 0.311 e. The molecule has 0 fully saturated rings. The standard InChI is InChI=1S/C14H12N4O2/c1-17-14(19)12-10(8-16-17)18-7-6-15-13(18)9-4-2-3-5-11(9)20-12/h2-5,8H,6-7H2,1H3. The van der Waals surface area contributed by atoms with Gasteiger partial charge in [0.05, 0.1) is 18.3 Å². The maximum atomic E-state index is 12.3. The number of fused-ring (bicyclic) bond motifs is 5. The number of aliphatic imine (C=N–C) groups is 1. The van der Waals surface area contributed by atoms with Crippen molar-refractivity contribution in [2.24, 2.45) is 12.0 Å². The molecule has 2 aliphatic heterocycles. The number of anilines is 1. The highest BCUT2D eigenvalue weighted by molar-refractivity contribution is 6.14. The van der Waals surface area contributed by atoms with Gasteiger partial charge in [-0.05, 0) is 12.1 Å². The molecule has 20 heavy (non-hydrogen) atoms. The molecule has 0 saturated carbocycles. The fourth-order valence-electron chi connectivity index (χ4n) is 2.56. The summed E-state index contributed by atoms with van der Waals surface area (Å²) in [6.45, 7) is 1.44. The van der Waals surface area contributed by atoms with E-state index in [2.05, 4.69) is 10.1 Å². The SMILES string of the molecule is Cn1ncc2c(c1=O)Oc1ccccc1C1=NCCN12. The van der Waals surface area contributed by atoms with E-state index in [1.54, 1.807) is 13.2 Å². The average molecular weight is 268 g/mol. The monoisotopic (exact) mass is 268 g/mol. The smallest absolute Gasteiger partial charge is 0.311 e. The van der Waals surface area contributed by atoms with Gasteiger partial charge in [-0.15, -0.1) is 0 Å². The molecule has 100 valence electrons. The lowest BCUT2D eigenvalue weighted by Crippen LogP contribution is -2.30. The van der Waals surface area contributed by atoms with E-state index in [0.717, 1.165) is 17.9 Å². The average Bonchev–Trinajstić information content (AvgIpc) is 2.89. The minimum atomic E-state index is -0.245. The number of nitrogens with zero attached hydrogens (tertiary/aromatic N) is 4. The Balaban J connectivity index is 2.05. The minimum absolute atomic E-state index is 0.245. The third kappa shape index (κ3) is 1.41.